The summed E-state index contributed by atoms with van der Waals surface area (Å²) in [6.07, 6.45) is -4.75. The number of methoxy groups -OCH3 is 1. The average molecular weight is 549 g/mol. The van der Waals surface area contributed by atoms with Crippen molar-refractivity contribution in [3.8, 4) is 0 Å². The Hall–Kier alpha value is -2.76. The van der Waals surface area contributed by atoms with Gasteiger partial charge in [-0.25, -0.2) is 14.4 Å². The molecule has 1 spiro atoms. The van der Waals surface area contributed by atoms with Gasteiger partial charge in [-0.05, 0) is 43.1 Å². The van der Waals surface area contributed by atoms with Crippen molar-refractivity contribution in [3.63, 3.8) is 0 Å². The van der Waals surface area contributed by atoms with Crippen LogP contribution in [-0.4, -0.2) is 82.7 Å². The van der Waals surface area contributed by atoms with Crippen LogP contribution >= 0.6 is 0 Å². The molecule has 0 aromatic heterocycles. The van der Waals surface area contributed by atoms with Gasteiger partial charge < -0.3 is 34.3 Å². The normalized spacial score (nSPS) is 44.9. The summed E-state index contributed by atoms with van der Waals surface area (Å²) in [7, 11) is 1.10. The highest BCUT2D eigenvalue weighted by molar-refractivity contribution is 5.95. The lowest BCUT2D eigenvalue weighted by atomic mass is 9.38. The van der Waals surface area contributed by atoms with Gasteiger partial charge in [0.05, 0.1) is 25.7 Å². The molecule has 2 aliphatic heterocycles. The predicted octanol–water partition coefficient (Wildman–Crippen LogP) is 1.15. The number of Topliss-reactive ketones (excluding diaryl/α,β-unsaturated/α-hetero) is 1. The zero-order chi connectivity index (χ0) is 28.8. The molecule has 0 radical (unpaired) electrons. The second-order valence-corrected chi connectivity index (χ2v) is 12.3. The molecule has 5 rings (SSSR count). The number of aliphatic hydroxyl groups excluding tert-OH is 3. The minimum atomic E-state index is -2.22. The van der Waals surface area contributed by atoms with Crippen LogP contribution in [0.5, 0.6) is 0 Å². The number of allylic oxidation sites excluding steroid dienone is 3. The standard InChI is InChI=1S/C28H36O11/c1-11(2)12(3)7-17(30)39-20-22-27-10-37-28(22,25(35)36-6)23(33)19(32)21(27)26(5)9-15(29)18(31)13(4)14(26)8-16(27)38-24(20)34/h7,11,14,16,19-23,31-33H,8-10H2,1-6H3/t14-,16+,19+,20+,21+,22+,23-,26-,27+,28?/m0/s1. The van der Waals surface area contributed by atoms with E-state index in [-0.39, 0.29) is 31.1 Å². The van der Waals surface area contributed by atoms with Crippen molar-refractivity contribution in [3.05, 3.63) is 23.0 Å². The van der Waals surface area contributed by atoms with Gasteiger partial charge in [-0.2, -0.15) is 0 Å². The fraction of sp³-hybridized carbons (Fsp3) is 0.714. The largest absolute Gasteiger partial charge is 0.504 e. The first-order chi connectivity index (χ1) is 18.2. The van der Waals surface area contributed by atoms with Crippen LogP contribution in [0.1, 0.15) is 47.5 Å². The highest BCUT2D eigenvalue weighted by atomic mass is 16.6. The Labute approximate surface area is 226 Å². The number of carbonyl (C=O) groups is 4. The summed E-state index contributed by atoms with van der Waals surface area (Å²) in [5, 5.41) is 33.7. The Bertz CT molecular complexity index is 1200. The number of esters is 3. The third kappa shape index (κ3) is 3.39. The molecule has 11 heteroatoms. The Morgan fingerprint density at radius 1 is 1.18 bits per heavy atom. The number of hydrogen-bond donors (Lipinski definition) is 3. The first-order valence-corrected chi connectivity index (χ1v) is 13.3. The van der Waals surface area contributed by atoms with E-state index in [9.17, 15) is 34.5 Å². The maximum atomic E-state index is 13.5. The van der Waals surface area contributed by atoms with Crippen LogP contribution < -0.4 is 0 Å². The van der Waals surface area contributed by atoms with E-state index in [1.807, 2.05) is 13.8 Å². The molecule has 39 heavy (non-hydrogen) atoms. The van der Waals surface area contributed by atoms with Crippen molar-refractivity contribution in [1.29, 1.82) is 0 Å². The molecule has 11 nitrogen and oxygen atoms in total. The third-order valence-electron chi connectivity index (χ3n) is 10.3. The second kappa shape index (κ2) is 8.87. The van der Waals surface area contributed by atoms with Crippen LogP contribution in [0, 0.1) is 34.5 Å². The molecule has 0 aromatic rings. The molecule has 2 saturated heterocycles. The van der Waals surface area contributed by atoms with Crippen molar-refractivity contribution >= 4 is 23.7 Å². The number of aliphatic hydroxyl groups is 3. The summed E-state index contributed by atoms with van der Waals surface area (Å²) < 4.78 is 22.7. The van der Waals surface area contributed by atoms with E-state index in [0.29, 0.717) is 11.1 Å². The number of rotatable bonds is 4. The first kappa shape index (κ1) is 27.8. The molecule has 0 amide bonds. The van der Waals surface area contributed by atoms with Crippen LogP contribution in [0.2, 0.25) is 0 Å². The molecule has 2 bridgehead atoms. The van der Waals surface area contributed by atoms with Gasteiger partial charge in [-0.1, -0.05) is 26.3 Å². The Morgan fingerprint density at radius 3 is 2.46 bits per heavy atom. The van der Waals surface area contributed by atoms with Gasteiger partial charge in [0, 0.05) is 23.8 Å². The zero-order valence-electron chi connectivity index (χ0n) is 22.9. The first-order valence-electron chi connectivity index (χ1n) is 13.3. The van der Waals surface area contributed by atoms with Crippen molar-refractivity contribution in [2.45, 2.75) is 77.5 Å². The topological polar surface area (TPSA) is 166 Å². The van der Waals surface area contributed by atoms with E-state index >= 15 is 0 Å². The summed E-state index contributed by atoms with van der Waals surface area (Å²) >= 11 is 0. The average Bonchev–Trinajstić information content (AvgIpc) is 3.18. The molecular formula is C28H36O11. The van der Waals surface area contributed by atoms with Crippen LogP contribution in [0.3, 0.4) is 0 Å². The number of hydrogen-bond acceptors (Lipinski definition) is 11. The molecule has 214 valence electrons. The van der Waals surface area contributed by atoms with Gasteiger partial charge >= 0.3 is 17.9 Å². The Kier molecular flexibility index (Phi) is 6.32. The maximum Gasteiger partial charge on any atom is 0.348 e. The molecule has 5 aliphatic rings. The van der Waals surface area contributed by atoms with Gasteiger partial charge in [0.15, 0.2) is 11.5 Å². The molecular weight excluding hydrogens is 512 g/mol. The van der Waals surface area contributed by atoms with Crippen LogP contribution in [0.25, 0.3) is 0 Å². The lowest BCUT2D eigenvalue weighted by Gasteiger charge is -2.67. The summed E-state index contributed by atoms with van der Waals surface area (Å²) in [5.41, 5.74) is -3.43. The Balaban J connectivity index is 1.71. The Morgan fingerprint density at radius 2 is 1.85 bits per heavy atom. The van der Waals surface area contributed by atoms with Crippen LogP contribution in [-0.2, 0) is 38.1 Å². The van der Waals surface area contributed by atoms with E-state index in [4.69, 9.17) is 18.9 Å². The lowest BCUT2D eigenvalue weighted by Crippen LogP contribution is -2.79. The zero-order valence-corrected chi connectivity index (χ0v) is 22.9. The number of ketones is 1. The SMILES string of the molecule is COC(=O)C12OC[C@]34[C@H]([C@@H](O)[C@@H]1O)[C@@]1(C)CC(=O)C(O)=C(C)[C@@H]1C[C@H]3OC(=O)[C@H](OC(=O)C=C(C)C(C)C)[C@@H]24. The summed E-state index contributed by atoms with van der Waals surface area (Å²) in [5.74, 6) is -6.26. The van der Waals surface area contributed by atoms with E-state index < -0.39 is 82.3 Å². The molecule has 0 aromatic carbocycles. The van der Waals surface area contributed by atoms with E-state index in [0.717, 1.165) is 7.11 Å². The maximum absolute atomic E-state index is 13.5. The highest BCUT2D eigenvalue weighted by Gasteiger charge is 2.85. The third-order valence-corrected chi connectivity index (χ3v) is 10.3. The fourth-order valence-electron chi connectivity index (χ4n) is 8.37. The lowest BCUT2D eigenvalue weighted by molar-refractivity contribution is -0.290. The van der Waals surface area contributed by atoms with Crippen LogP contribution in [0.15, 0.2) is 23.0 Å². The van der Waals surface area contributed by atoms with Crippen molar-refractivity contribution in [2.24, 2.45) is 34.5 Å². The van der Waals surface area contributed by atoms with Gasteiger partial charge in [0.2, 0.25) is 11.7 Å². The molecule has 2 saturated carbocycles. The monoisotopic (exact) mass is 548 g/mol. The van der Waals surface area contributed by atoms with Gasteiger partial charge in [-0.15, -0.1) is 0 Å². The molecule has 2 heterocycles. The molecule has 3 aliphatic carbocycles. The number of fused-ring (bicyclic) bond motifs is 2. The number of ether oxygens (including phenoxy) is 4. The fourth-order valence-corrected chi connectivity index (χ4v) is 8.37. The molecule has 10 atom stereocenters. The highest BCUT2D eigenvalue weighted by Crippen LogP contribution is 2.72. The van der Waals surface area contributed by atoms with Crippen molar-refractivity contribution in [1.82, 2.24) is 0 Å². The van der Waals surface area contributed by atoms with Crippen molar-refractivity contribution < 1.29 is 53.4 Å². The van der Waals surface area contributed by atoms with E-state index in [1.54, 1.807) is 20.8 Å². The second-order valence-electron chi connectivity index (χ2n) is 12.3. The molecule has 1 unspecified atom stereocenters. The van der Waals surface area contributed by atoms with Crippen molar-refractivity contribution in [2.75, 3.05) is 13.7 Å². The van der Waals surface area contributed by atoms with Crippen LogP contribution in [0.4, 0.5) is 0 Å². The molecule has 4 fully saturated rings. The summed E-state index contributed by atoms with van der Waals surface area (Å²) in [6.45, 7) is 8.72. The minimum absolute atomic E-state index is 0.0302. The smallest absolute Gasteiger partial charge is 0.348 e. The van der Waals surface area contributed by atoms with Gasteiger partial charge in [0.25, 0.3) is 0 Å². The quantitative estimate of drug-likeness (QED) is 0.262. The summed E-state index contributed by atoms with van der Waals surface area (Å²) in [4.78, 5) is 52.8. The summed E-state index contributed by atoms with van der Waals surface area (Å²) in [6, 6.07) is 0. The number of carbonyl (C=O) groups excluding carboxylic acids is 4. The molecule has 3 N–H and O–H groups in total. The van der Waals surface area contributed by atoms with E-state index in [1.165, 1.54) is 6.08 Å². The van der Waals surface area contributed by atoms with Gasteiger partial charge in [0.1, 0.15) is 12.2 Å². The van der Waals surface area contributed by atoms with Gasteiger partial charge in [-0.3, -0.25) is 4.79 Å². The minimum Gasteiger partial charge on any atom is -0.504 e. The predicted molar refractivity (Wildman–Crippen MR) is 132 cm³/mol. The van der Waals surface area contributed by atoms with E-state index in [2.05, 4.69) is 0 Å².